The third-order valence-corrected chi connectivity index (χ3v) is 7.30. The second kappa shape index (κ2) is 16.4. The molecule has 6 rings (SSSR count). The van der Waals surface area contributed by atoms with Crippen LogP contribution >= 0.6 is 0 Å². The molecule has 2 heteroatoms. The van der Waals surface area contributed by atoms with Crippen molar-refractivity contribution >= 4 is 17.2 Å². The average Bonchev–Trinajstić information content (AvgIpc) is 3.50. The van der Waals surface area contributed by atoms with Crippen molar-refractivity contribution in [2.45, 2.75) is 71.6 Å². The summed E-state index contributed by atoms with van der Waals surface area (Å²) in [5.41, 5.74) is 11.5. The Kier molecular flexibility index (Phi) is 14.7. The van der Waals surface area contributed by atoms with Gasteiger partial charge in [0.2, 0.25) is 0 Å². The van der Waals surface area contributed by atoms with Crippen LogP contribution in [0.1, 0.15) is 99.6 Å². The van der Waals surface area contributed by atoms with Crippen molar-refractivity contribution in [1.29, 1.82) is 0 Å². The van der Waals surface area contributed by atoms with E-state index in [9.17, 15) is 0 Å². The molecule has 0 saturated carbocycles. The molecule has 0 aromatic heterocycles. The molecule has 0 spiro atoms. The van der Waals surface area contributed by atoms with E-state index in [4.69, 9.17) is 0 Å². The molecular weight excluding hydrogens is 458 g/mol. The van der Waals surface area contributed by atoms with Crippen molar-refractivity contribution in [3.05, 3.63) is 138 Å². The monoisotopic (exact) mass is 502 g/mol. The van der Waals surface area contributed by atoms with Gasteiger partial charge < -0.3 is 13.8 Å². The SMILES string of the molecule is CC1(C)C=Cc2ccccc21.CC1=CC(C)c2ccccc21.[CH2-]C1C=C(C)c2ccccc21.[CH2-]CCC.[Li+].[Li+]. The minimum Gasteiger partial charge on any atom is -0.343 e. The molecule has 3 aliphatic carbocycles. The normalized spacial score (nSPS) is 17.9. The Morgan fingerprint density at radius 3 is 1.77 bits per heavy atom. The number of benzene rings is 3. The van der Waals surface area contributed by atoms with E-state index < -0.39 is 0 Å². The molecule has 0 nitrogen and oxygen atoms in total. The Balaban J connectivity index is 0.000000267. The second-order valence-corrected chi connectivity index (χ2v) is 10.8. The summed E-state index contributed by atoms with van der Waals surface area (Å²) in [6.07, 6.45) is 11.3. The molecule has 0 saturated heterocycles. The molecule has 0 bridgehead atoms. The van der Waals surface area contributed by atoms with Crippen LogP contribution in [0.4, 0.5) is 0 Å². The minimum atomic E-state index is 0. The average molecular weight is 503 g/mol. The molecule has 194 valence electrons. The molecule has 3 aliphatic rings. The molecule has 39 heavy (non-hydrogen) atoms. The van der Waals surface area contributed by atoms with E-state index in [1.165, 1.54) is 50.9 Å². The summed E-state index contributed by atoms with van der Waals surface area (Å²) in [5.74, 6) is 0.984. The zero-order chi connectivity index (χ0) is 27.0. The molecule has 0 heterocycles. The topological polar surface area (TPSA) is 0 Å². The number of rotatable bonds is 1. The second-order valence-electron chi connectivity index (χ2n) is 10.8. The maximum Gasteiger partial charge on any atom is 1.00 e. The Morgan fingerprint density at radius 1 is 0.744 bits per heavy atom. The van der Waals surface area contributed by atoms with Gasteiger partial charge in [0.25, 0.3) is 0 Å². The van der Waals surface area contributed by atoms with Gasteiger partial charge in [0.05, 0.1) is 0 Å². The summed E-state index contributed by atoms with van der Waals surface area (Å²) in [5, 5.41) is 0. The van der Waals surface area contributed by atoms with Crippen molar-refractivity contribution in [2.75, 3.05) is 0 Å². The van der Waals surface area contributed by atoms with Gasteiger partial charge >= 0.3 is 37.7 Å². The van der Waals surface area contributed by atoms with Gasteiger partial charge in [-0.05, 0) is 52.8 Å². The molecule has 2 atom stereocenters. The molecule has 0 radical (unpaired) electrons. The summed E-state index contributed by atoms with van der Waals surface area (Å²) in [6.45, 7) is 20.8. The first-order chi connectivity index (χ1) is 17.7. The van der Waals surface area contributed by atoms with Crippen LogP contribution in [0.3, 0.4) is 0 Å². The first-order valence-corrected chi connectivity index (χ1v) is 13.7. The fourth-order valence-electron chi connectivity index (χ4n) is 5.09. The van der Waals surface area contributed by atoms with E-state index in [0.29, 0.717) is 11.8 Å². The van der Waals surface area contributed by atoms with Gasteiger partial charge in [-0.15, -0.1) is 12.0 Å². The standard InChI is InChI=1S/2C11H12.C11H11.C4H9.2Li/c1-11(2)8-7-9-5-3-4-6-10(9)11;2*1-8-7-9(2)11-6-4-3-5-10(8)11;1-3-4-2;;/h2*3-8H,1-2H3;3-8H,1H2,2H3;1,3-4H2,2H3;;/q;;2*-1;2*+1. The molecule has 0 fully saturated rings. The van der Waals surface area contributed by atoms with Gasteiger partial charge in [-0.3, -0.25) is 0 Å². The van der Waals surface area contributed by atoms with E-state index in [1.54, 1.807) is 0 Å². The Bertz CT molecular complexity index is 1210. The number of allylic oxidation sites excluding steroid dienone is 5. The minimum absolute atomic E-state index is 0. The smallest absolute Gasteiger partial charge is 0.343 e. The summed E-state index contributed by atoms with van der Waals surface area (Å²) < 4.78 is 0. The van der Waals surface area contributed by atoms with Crippen LogP contribution in [-0.4, -0.2) is 0 Å². The van der Waals surface area contributed by atoms with E-state index in [2.05, 4.69) is 152 Å². The number of hydrogen-bond donors (Lipinski definition) is 0. The fourth-order valence-corrected chi connectivity index (χ4v) is 5.09. The van der Waals surface area contributed by atoms with E-state index in [1.807, 2.05) is 0 Å². The number of hydrogen-bond acceptors (Lipinski definition) is 0. The Labute approximate surface area is 263 Å². The van der Waals surface area contributed by atoms with Crippen molar-refractivity contribution in [3.63, 3.8) is 0 Å². The maximum atomic E-state index is 4.05. The van der Waals surface area contributed by atoms with Gasteiger partial charge in [-0.1, -0.05) is 131 Å². The van der Waals surface area contributed by atoms with Gasteiger partial charge in [0, 0.05) is 11.3 Å². The first-order valence-electron chi connectivity index (χ1n) is 13.7. The number of fused-ring (bicyclic) bond motifs is 3. The maximum absolute atomic E-state index is 4.05. The van der Waals surface area contributed by atoms with Gasteiger partial charge in [0.1, 0.15) is 0 Å². The van der Waals surface area contributed by atoms with Crippen LogP contribution in [-0.2, 0) is 5.41 Å². The summed E-state index contributed by atoms with van der Waals surface area (Å²) in [6, 6.07) is 25.7. The van der Waals surface area contributed by atoms with Crippen molar-refractivity contribution < 1.29 is 37.7 Å². The van der Waals surface area contributed by atoms with E-state index >= 15 is 0 Å². The third kappa shape index (κ3) is 9.04. The predicted octanol–water partition coefficient (Wildman–Crippen LogP) is 4.85. The van der Waals surface area contributed by atoms with Gasteiger partial charge in [0.15, 0.2) is 0 Å². The first kappa shape index (κ1) is 35.1. The molecule has 3 aromatic carbocycles. The van der Waals surface area contributed by atoms with Crippen LogP contribution < -0.4 is 37.7 Å². The zero-order valence-corrected chi connectivity index (χ0v) is 25.7. The van der Waals surface area contributed by atoms with Crippen molar-refractivity contribution in [1.82, 2.24) is 0 Å². The fraction of sp³-hybridized carbons (Fsp3) is 0.297. The van der Waals surface area contributed by atoms with Crippen LogP contribution in [0.2, 0.25) is 0 Å². The molecule has 0 amide bonds. The van der Waals surface area contributed by atoms with Crippen LogP contribution in [0, 0.1) is 13.8 Å². The van der Waals surface area contributed by atoms with Crippen LogP contribution in [0.15, 0.2) is 91.0 Å². The summed E-state index contributed by atoms with van der Waals surface area (Å²) in [4.78, 5) is 0. The quantitative estimate of drug-likeness (QED) is 0.330. The Morgan fingerprint density at radius 2 is 1.23 bits per heavy atom. The molecule has 3 aromatic rings. The zero-order valence-electron chi connectivity index (χ0n) is 25.7. The third-order valence-electron chi connectivity index (χ3n) is 7.30. The Hall–Kier alpha value is -1.93. The van der Waals surface area contributed by atoms with E-state index in [0.717, 1.165) is 6.42 Å². The predicted molar refractivity (Wildman–Crippen MR) is 165 cm³/mol. The largest absolute Gasteiger partial charge is 1.00 e. The summed E-state index contributed by atoms with van der Waals surface area (Å²) >= 11 is 0. The van der Waals surface area contributed by atoms with Crippen LogP contribution in [0.25, 0.3) is 17.2 Å². The van der Waals surface area contributed by atoms with Gasteiger partial charge in [-0.2, -0.15) is 6.42 Å². The van der Waals surface area contributed by atoms with Crippen LogP contribution in [0.5, 0.6) is 0 Å². The van der Waals surface area contributed by atoms with E-state index in [-0.39, 0.29) is 43.1 Å². The van der Waals surface area contributed by atoms with Gasteiger partial charge in [-0.25, -0.2) is 0 Å². The van der Waals surface area contributed by atoms with Crippen molar-refractivity contribution in [2.24, 2.45) is 0 Å². The molecule has 2 unspecified atom stereocenters. The molecule has 0 aliphatic heterocycles. The summed E-state index contributed by atoms with van der Waals surface area (Å²) in [7, 11) is 0. The van der Waals surface area contributed by atoms with Crippen molar-refractivity contribution in [3.8, 4) is 0 Å². The number of unbranched alkanes of at least 4 members (excludes halogenated alkanes) is 1. The molecule has 0 N–H and O–H groups in total. The molecular formula is C37H44Li2.